The van der Waals surface area contributed by atoms with E-state index in [9.17, 15) is 0 Å². The van der Waals surface area contributed by atoms with Gasteiger partial charge >= 0.3 is 76.2 Å². The van der Waals surface area contributed by atoms with Gasteiger partial charge in [0.25, 0.3) is 0 Å². The Morgan fingerprint density at radius 2 is 1.57 bits per heavy atom. The summed E-state index contributed by atoms with van der Waals surface area (Å²) in [7, 11) is 0. The maximum atomic E-state index is 3.30. The maximum absolute atomic E-state index is 3.30. The van der Waals surface area contributed by atoms with Crippen molar-refractivity contribution in [3.63, 3.8) is 0 Å². The van der Waals surface area contributed by atoms with Crippen LogP contribution in [0.5, 0.6) is 0 Å². The summed E-state index contributed by atoms with van der Waals surface area (Å²) >= 11 is 2.28. The summed E-state index contributed by atoms with van der Waals surface area (Å²) in [4.78, 5) is 0. The van der Waals surface area contributed by atoms with Crippen molar-refractivity contribution in [1.29, 1.82) is 0 Å². The normalized spacial score (nSPS) is 12.0. The van der Waals surface area contributed by atoms with Crippen molar-refractivity contribution >= 4 is 3.81 Å². The zero-order chi connectivity index (χ0) is 20.4. The van der Waals surface area contributed by atoms with Crippen LogP contribution in [0.4, 0.5) is 0 Å². The van der Waals surface area contributed by atoms with Crippen molar-refractivity contribution in [3.05, 3.63) is 84.0 Å². The van der Waals surface area contributed by atoms with E-state index < -0.39 is 0 Å². The van der Waals surface area contributed by atoms with Crippen LogP contribution in [-0.4, -0.2) is 3.81 Å². The molecule has 0 heterocycles. The third kappa shape index (κ3) is 10.4. The maximum Gasteiger partial charge on any atom is -0.0253 e. The van der Waals surface area contributed by atoms with Crippen molar-refractivity contribution < 1.29 is 44.8 Å². The van der Waals surface area contributed by atoms with Crippen LogP contribution in [0.25, 0.3) is 11.1 Å². The van der Waals surface area contributed by atoms with Gasteiger partial charge in [-0.05, 0) is 6.42 Å². The van der Waals surface area contributed by atoms with Gasteiger partial charge in [-0.25, -0.2) is 12.2 Å². The molecule has 2 aliphatic rings. The molecule has 4 rings (SSSR count). The van der Waals surface area contributed by atoms with E-state index >= 15 is 0 Å². The summed E-state index contributed by atoms with van der Waals surface area (Å²) in [6.45, 7) is 9.13. The van der Waals surface area contributed by atoms with Crippen LogP contribution >= 0.6 is 0 Å². The number of allylic oxidation sites excluding steroid dienone is 4. The largest absolute Gasteiger partial charge is 1.00 e. The minimum Gasteiger partial charge on any atom is -1.00 e. The fourth-order valence-electron chi connectivity index (χ4n) is 3.41. The molecule has 0 spiro atoms. The molecule has 160 valence electrons. The molecule has 0 saturated heterocycles. The zero-order valence-electron chi connectivity index (χ0n) is 18.5. The second-order valence-electron chi connectivity index (χ2n) is 8.20. The van der Waals surface area contributed by atoms with Gasteiger partial charge in [-0.3, -0.25) is 6.08 Å². The van der Waals surface area contributed by atoms with Crippen molar-refractivity contribution in [2.24, 2.45) is 11.8 Å². The molecule has 0 atom stereocenters. The van der Waals surface area contributed by atoms with Gasteiger partial charge < -0.3 is 24.8 Å². The van der Waals surface area contributed by atoms with E-state index in [2.05, 4.69) is 102 Å². The van der Waals surface area contributed by atoms with Crippen LogP contribution in [0, 0.1) is 24.0 Å². The molecule has 0 saturated carbocycles. The van der Waals surface area contributed by atoms with E-state index in [0.717, 1.165) is 24.7 Å². The van der Waals surface area contributed by atoms with Gasteiger partial charge in [-0.1, -0.05) is 35.4 Å². The van der Waals surface area contributed by atoms with Crippen molar-refractivity contribution in [2.75, 3.05) is 0 Å². The fourth-order valence-corrected chi connectivity index (χ4v) is 4.68. The first-order valence-electron chi connectivity index (χ1n) is 10.3. The standard InChI is InChI=1S/C13H9.C9H18.C5H5.2ClH.Ti/c1-3-7-12-10(5-1)9-11-6-2-4-8-13(11)12;1-8(2)6-5-7-9(3)4;1-2-4-5-3-1;;;/h1-5,7-8H,9H2;8-9H,6-7H2,1-4H3;1-3H,4H2;2*1H;/q-1;;-1;;;+2/p-2. The average Bonchev–Trinajstić information content (AvgIpc) is 3.32. The Kier molecular flexibility index (Phi) is 15.3. The Balaban J connectivity index is 0.000000444. The Labute approximate surface area is 208 Å². The molecule has 0 fully saturated rings. The van der Waals surface area contributed by atoms with Gasteiger partial charge in [0.05, 0.1) is 0 Å². The minimum absolute atomic E-state index is 0. The van der Waals surface area contributed by atoms with E-state index in [0.29, 0.717) is 0 Å². The topological polar surface area (TPSA) is 0 Å². The van der Waals surface area contributed by atoms with Crippen LogP contribution in [-0.2, 0) is 26.4 Å². The Morgan fingerprint density at radius 1 is 0.933 bits per heavy atom. The van der Waals surface area contributed by atoms with Gasteiger partial charge in [-0.2, -0.15) is 35.9 Å². The fraction of sp³-hybridized carbons (Fsp3) is 0.370. The van der Waals surface area contributed by atoms with Crippen LogP contribution in [0.1, 0.15) is 58.1 Å². The zero-order valence-corrected chi connectivity index (χ0v) is 21.6. The quantitative estimate of drug-likeness (QED) is 0.393. The van der Waals surface area contributed by atoms with E-state index in [1.165, 1.54) is 35.1 Å². The van der Waals surface area contributed by atoms with Crippen LogP contribution in [0.2, 0.25) is 0 Å². The van der Waals surface area contributed by atoms with Gasteiger partial charge in [0, 0.05) is 0 Å². The van der Waals surface area contributed by atoms with Crippen molar-refractivity contribution in [2.45, 2.75) is 53.4 Å². The van der Waals surface area contributed by atoms with Crippen LogP contribution < -0.4 is 24.8 Å². The number of rotatable bonds is 4. The monoisotopic (exact) mass is 474 g/mol. The Bertz CT molecular complexity index is 754. The summed E-state index contributed by atoms with van der Waals surface area (Å²) in [5, 5.41) is 0. The van der Waals surface area contributed by atoms with Gasteiger partial charge in [-0.15, -0.1) is 12.0 Å². The Hall–Kier alpha value is -0.916. The average molecular weight is 475 g/mol. The summed E-state index contributed by atoms with van der Waals surface area (Å²) in [6.07, 6.45) is 13.7. The molecule has 0 nitrogen and oxygen atoms in total. The van der Waals surface area contributed by atoms with Crippen molar-refractivity contribution in [1.82, 2.24) is 0 Å². The SMILES string of the molecule is CC(C)C[C](=[Ti+2])CC(C)C.[C-]1=CC=CC1.[Cl-].[Cl-].[c-]1cccc2c1Cc1ccccc1-2. The Morgan fingerprint density at radius 3 is 2.10 bits per heavy atom. The number of hydrogen-bond acceptors (Lipinski definition) is 0. The number of benzene rings is 2. The molecule has 0 radical (unpaired) electrons. The van der Waals surface area contributed by atoms with Gasteiger partial charge in [0.15, 0.2) is 0 Å². The molecule has 0 bridgehead atoms. The minimum atomic E-state index is 0. The molecule has 0 N–H and O–H groups in total. The van der Waals surface area contributed by atoms with E-state index in [4.69, 9.17) is 0 Å². The molecule has 2 aliphatic carbocycles. The summed E-state index contributed by atoms with van der Waals surface area (Å²) in [5.74, 6) is 1.66. The number of hydrogen-bond donors (Lipinski definition) is 0. The molecular weight excluding hydrogens is 443 g/mol. The molecule has 0 aromatic heterocycles. The first-order chi connectivity index (χ1) is 13.5. The third-order valence-corrected chi connectivity index (χ3v) is 5.15. The van der Waals surface area contributed by atoms with Gasteiger partial charge in [0.2, 0.25) is 0 Å². The first kappa shape index (κ1) is 29.1. The van der Waals surface area contributed by atoms with Gasteiger partial charge in [0.1, 0.15) is 0 Å². The van der Waals surface area contributed by atoms with Crippen molar-refractivity contribution in [3.8, 4) is 11.1 Å². The number of halogens is 2. The molecule has 0 unspecified atom stereocenters. The second kappa shape index (κ2) is 15.8. The van der Waals surface area contributed by atoms with E-state index in [1.54, 1.807) is 3.81 Å². The van der Waals surface area contributed by atoms with Crippen LogP contribution in [0.15, 0.2) is 60.7 Å². The van der Waals surface area contributed by atoms with Crippen LogP contribution in [0.3, 0.4) is 0 Å². The molecular formula is C27H32Cl2Ti-2. The predicted molar refractivity (Wildman–Crippen MR) is 119 cm³/mol. The summed E-state index contributed by atoms with van der Waals surface area (Å²) in [6, 6.07) is 18.1. The molecule has 0 amide bonds. The van der Waals surface area contributed by atoms with E-state index in [1.807, 2.05) is 18.2 Å². The summed E-state index contributed by atoms with van der Waals surface area (Å²) < 4.78 is 1.66. The first-order valence-corrected chi connectivity index (χ1v) is 11.1. The predicted octanol–water partition coefficient (Wildman–Crippen LogP) is 1.17. The molecule has 30 heavy (non-hydrogen) atoms. The molecule has 0 aliphatic heterocycles. The third-order valence-electron chi connectivity index (χ3n) is 4.51. The van der Waals surface area contributed by atoms with E-state index in [-0.39, 0.29) is 24.8 Å². The smallest absolute Gasteiger partial charge is 0.0253 e. The second-order valence-corrected chi connectivity index (χ2v) is 9.30. The molecule has 2 aromatic carbocycles. The molecule has 3 heteroatoms. The number of fused-ring (bicyclic) bond motifs is 3. The molecule has 2 aromatic rings. The summed E-state index contributed by atoms with van der Waals surface area (Å²) in [5.41, 5.74) is 5.51.